The van der Waals surface area contributed by atoms with Gasteiger partial charge in [-0.3, -0.25) is 10.1 Å². The number of esters is 1. The Morgan fingerprint density at radius 1 is 1.19 bits per heavy atom. The van der Waals surface area contributed by atoms with Crippen LogP contribution in [0.2, 0.25) is 0 Å². The molecular formula is C23H19FN4O3S. The van der Waals surface area contributed by atoms with Crippen molar-refractivity contribution in [3.63, 3.8) is 0 Å². The Bertz CT molecular complexity index is 1280. The van der Waals surface area contributed by atoms with Crippen molar-refractivity contribution in [3.8, 4) is 16.9 Å². The topological polar surface area (TPSA) is 86.1 Å². The summed E-state index contributed by atoms with van der Waals surface area (Å²) in [4.78, 5) is 29.1. The molecule has 0 unspecified atom stereocenters. The summed E-state index contributed by atoms with van der Waals surface area (Å²) < 4.78 is 19.8. The van der Waals surface area contributed by atoms with E-state index in [9.17, 15) is 14.0 Å². The van der Waals surface area contributed by atoms with Crippen molar-refractivity contribution < 1.29 is 18.7 Å². The van der Waals surface area contributed by atoms with E-state index in [0.29, 0.717) is 16.9 Å². The fourth-order valence-electron chi connectivity index (χ4n) is 3.07. The van der Waals surface area contributed by atoms with Crippen molar-refractivity contribution >= 4 is 28.3 Å². The highest BCUT2D eigenvalue weighted by molar-refractivity contribution is 7.14. The van der Waals surface area contributed by atoms with Gasteiger partial charge in [-0.2, -0.15) is 5.10 Å². The molecule has 162 valence electrons. The molecule has 0 aliphatic carbocycles. The van der Waals surface area contributed by atoms with Gasteiger partial charge in [-0.15, -0.1) is 11.3 Å². The number of hydrogen-bond donors (Lipinski definition) is 1. The van der Waals surface area contributed by atoms with Gasteiger partial charge >= 0.3 is 5.97 Å². The SMILES string of the molecule is CCOC(=O)c1csc(NC(=O)c2cn(-c3ccc(F)cc3)nc2-c2cccc(C)c2)n1. The van der Waals surface area contributed by atoms with Crippen molar-refractivity contribution in [2.45, 2.75) is 13.8 Å². The summed E-state index contributed by atoms with van der Waals surface area (Å²) in [5.41, 5.74) is 3.31. The highest BCUT2D eigenvalue weighted by Crippen LogP contribution is 2.26. The Kier molecular flexibility index (Phi) is 6.09. The summed E-state index contributed by atoms with van der Waals surface area (Å²) in [5.74, 6) is -1.34. The number of amides is 1. The molecule has 0 aliphatic rings. The van der Waals surface area contributed by atoms with Gasteiger partial charge in [0.15, 0.2) is 10.8 Å². The van der Waals surface area contributed by atoms with Crippen LogP contribution in [0, 0.1) is 12.7 Å². The quantitative estimate of drug-likeness (QED) is 0.424. The molecule has 0 radical (unpaired) electrons. The molecule has 4 aromatic rings. The van der Waals surface area contributed by atoms with E-state index in [4.69, 9.17) is 4.74 Å². The number of hydrogen-bond acceptors (Lipinski definition) is 6. The van der Waals surface area contributed by atoms with Crippen LogP contribution in [-0.4, -0.2) is 33.2 Å². The predicted molar refractivity (Wildman–Crippen MR) is 120 cm³/mol. The number of aromatic nitrogens is 3. The number of nitrogens with one attached hydrogen (secondary N) is 1. The Hall–Kier alpha value is -3.85. The first-order valence-electron chi connectivity index (χ1n) is 9.81. The van der Waals surface area contributed by atoms with Crippen LogP contribution < -0.4 is 5.32 Å². The van der Waals surface area contributed by atoms with E-state index in [0.717, 1.165) is 22.5 Å². The van der Waals surface area contributed by atoms with Crippen LogP contribution in [-0.2, 0) is 4.74 Å². The molecule has 9 heteroatoms. The predicted octanol–water partition coefficient (Wildman–Crippen LogP) is 4.87. The van der Waals surface area contributed by atoms with E-state index in [2.05, 4.69) is 15.4 Å². The van der Waals surface area contributed by atoms with E-state index >= 15 is 0 Å². The number of benzene rings is 2. The lowest BCUT2D eigenvalue weighted by molar-refractivity contribution is 0.0520. The zero-order chi connectivity index (χ0) is 22.7. The zero-order valence-electron chi connectivity index (χ0n) is 17.3. The fourth-order valence-corrected chi connectivity index (χ4v) is 3.74. The number of rotatable bonds is 6. The summed E-state index contributed by atoms with van der Waals surface area (Å²) in [7, 11) is 0. The number of thiazole rings is 1. The Labute approximate surface area is 187 Å². The van der Waals surface area contributed by atoms with Gasteiger partial charge in [-0.1, -0.05) is 23.8 Å². The lowest BCUT2D eigenvalue weighted by Crippen LogP contribution is -2.13. The Morgan fingerprint density at radius 2 is 1.97 bits per heavy atom. The van der Waals surface area contributed by atoms with Gasteiger partial charge in [0.25, 0.3) is 5.91 Å². The average molecular weight is 450 g/mol. The largest absolute Gasteiger partial charge is 0.461 e. The second kappa shape index (κ2) is 9.11. The maximum atomic E-state index is 13.3. The highest BCUT2D eigenvalue weighted by Gasteiger charge is 2.21. The summed E-state index contributed by atoms with van der Waals surface area (Å²) in [6.07, 6.45) is 1.58. The van der Waals surface area contributed by atoms with Gasteiger partial charge in [-0.25, -0.2) is 18.9 Å². The molecule has 7 nitrogen and oxygen atoms in total. The highest BCUT2D eigenvalue weighted by atomic mass is 32.1. The second-order valence-corrected chi connectivity index (χ2v) is 7.75. The molecular weight excluding hydrogens is 431 g/mol. The van der Waals surface area contributed by atoms with Crippen molar-refractivity contribution in [2.75, 3.05) is 11.9 Å². The molecule has 4 rings (SSSR count). The maximum Gasteiger partial charge on any atom is 0.357 e. The normalized spacial score (nSPS) is 10.7. The van der Waals surface area contributed by atoms with Gasteiger partial charge in [0, 0.05) is 17.1 Å². The van der Waals surface area contributed by atoms with Gasteiger partial charge < -0.3 is 4.74 Å². The van der Waals surface area contributed by atoms with Gasteiger partial charge in [0.2, 0.25) is 0 Å². The summed E-state index contributed by atoms with van der Waals surface area (Å²) in [6, 6.07) is 13.4. The second-order valence-electron chi connectivity index (χ2n) is 6.89. The van der Waals surface area contributed by atoms with Crippen molar-refractivity contribution in [1.29, 1.82) is 0 Å². The third-order valence-electron chi connectivity index (χ3n) is 4.55. The van der Waals surface area contributed by atoms with E-state index in [1.54, 1.807) is 25.3 Å². The molecule has 1 N–H and O–H groups in total. The number of halogens is 1. The smallest absolute Gasteiger partial charge is 0.357 e. The summed E-state index contributed by atoms with van der Waals surface area (Å²) in [5, 5.41) is 9.10. The van der Waals surface area contributed by atoms with Gasteiger partial charge in [0.1, 0.15) is 11.5 Å². The molecule has 0 saturated carbocycles. The third-order valence-corrected chi connectivity index (χ3v) is 5.31. The molecule has 0 aliphatic heterocycles. The maximum absolute atomic E-state index is 13.3. The van der Waals surface area contributed by atoms with E-state index in [1.165, 1.54) is 22.2 Å². The molecule has 0 spiro atoms. The first-order chi connectivity index (χ1) is 15.4. The molecule has 1 amide bonds. The van der Waals surface area contributed by atoms with Crippen LogP contribution in [0.4, 0.5) is 9.52 Å². The number of anilines is 1. The monoisotopic (exact) mass is 450 g/mol. The fraction of sp³-hybridized carbons (Fsp3) is 0.130. The first kappa shape index (κ1) is 21.4. The molecule has 2 heterocycles. The van der Waals surface area contributed by atoms with Gasteiger partial charge in [0.05, 0.1) is 17.9 Å². The van der Waals surface area contributed by atoms with Crippen molar-refractivity contribution in [1.82, 2.24) is 14.8 Å². The van der Waals surface area contributed by atoms with Crippen LogP contribution in [0.15, 0.2) is 60.1 Å². The van der Waals surface area contributed by atoms with Crippen LogP contribution in [0.3, 0.4) is 0 Å². The molecule has 32 heavy (non-hydrogen) atoms. The van der Waals surface area contributed by atoms with E-state index in [1.807, 2.05) is 31.2 Å². The average Bonchev–Trinajstić information content (AvgIpc) is 3.42. The number of carbonyl (C=O) groups is 2. The Morgan fingerprint density at radius 3 is 2.69 bits per heavy atom. The molecule has 0 atom stereocenters. The minimum absolute atomic E-state index is 0.132. The molecule has 2 aromatic heterocycles. The van der Waals surface area contributed by atoms with Crippen molar-refractivity contribution in [2.24, 2.45) is 0 Å². The van der Waals surface area contributed by atoms with Crippen LogP contribution in [0.25, 0.3) is 16.9 Å². The Balaban J connectivity index is 1.69. The molecule has 0 saturated heterocycles. The first-order valence-corrected chi connectivity index (χ1v) is 10.7. The third kappa shape index (κ3) is 4.57. The number of nitrogens with zero attached hydrogens (tertiary/aromatic N) is 3. The summed E-state index contributed by atoms with van der Waals surface area (Å²) in [6.45, 7) is 3.89. The lowest BCUT2D eigenvalue weighted by Gasteiger charge is -2.04. The van der Waals surface area contributed by atoms with E-state index in [-0.39, 0.29) is 23.2 Å². The van der Waals surface area contributed by atoms with Crippen molar-refractivity contribution in [3.05, 3.63) is 82.7 Å². The lowest BCUT2D eigenvalue weighted by atomic mass is 10.1. The van der Waals surface area contributed by atoms with Crippen LogP contribution >= 0.6 is 11.3 Å². The minimum Gasteiger partial charge on any atom is -0.461 e. The van der Waals surface area contributed by atoms with E-state index < -0.39 is 11.9 Å². The van der Waals surface area contributed by atoms with Crippen LogP contribution in [0.5, 0.6) is 0 Å². The zero-order valence-corrected chi connectivity index (χ0v) is 18.1. The molecule has 0 fully saturated rings. The van der Waals surface area contributed by atoms with Gasteiger partial charge in [-0.05, 0) is 44.2 Å². The number of ether oxygens (including phenoxy) is 1. The minimum atomic E-state index is -0.547. The number of aryl methyl sites for hydroxylation is 1. The standard InChI is InChI=1S/C23H19FN4O3S/c1-3-31-22(30)19-13-32-23(25-19)26-21(29)18-12-28(17-9-7-16(24)8-10-17)27-20(18)15-6-4-5-14(2)11-15/h4-13H,3H2,1-2H3,(H,25,26,29). The molecule has 0 bridgehead atoms. The van der Waals surface area contributed by atoms with Crippen LogP contribution in [0.1, 0.15) is 33.3 Å². The molecule has 2 aromatic carbocycles. The number of carbonyl (C=O) groups excluding carboxylic acids is 2. The summed E-state index contributed by atoms with van der Waals surface area (Å²) >= 11 is 1.12.